The van der Waals surface area contributed by atoms with Crippen LogP contribution in [0.25, 0.3) is 11.3 Å². The molecule has 0 amide bonds. The fourth-order valence-electron chi connectivity index (χ4n) is 4.14. The van der Waals surface area contributed by atoms with Gasteiger partial charge in [0.1, 0.15) is 6.54 Å². The minimum atomic E-state index is -0.414. The number of nitrogens with zero attached hydrogens (tertiary/aromatic N) is 3. The predicted octanol–water partition coefficient (Wildman–Crippen LogP) is 4.62. The number of halogens is 1. The lowest BCUT2D eigenvalue weighted by Gasteiger charge is -2.15. The minimum Gasteiger partial charge on any atom is -0.494 e. The largest absolute Gasteiger partial charge is 0.494 e. The highest BCUT2D eigenvalue weighted by atomic mass is 32.1. The van der Waals surface area contributed by atoms with E-state index in [2.05, 4.69) is 18.8 Å². The number of ether oxygens (including phenoxy) is 1. The van der Waals surface area contributed by atoms with Crippen LogP contribution in [0.2, 0.25) is 0 Å². The molecule has 0 spiro atoms. The van der Waals surface area contributed by atoms with Gasteiger partial charge in [0.15, 0.2) is 22.5 Å². The van der Waals surface area contributed by atoms with Gasteiger partial charge in [-0.15, -0.1) is 11.3 Å². The summed E-state index contributed by atoms with van der Waals surface area (Å²) >= 11 is 1.53. The fourth-order valence-corrected chi connectivity index (χ4v) is 5.03. The van der Waals surface area contributed by atoms with Crippen molar-refractivity contribution in [1.29, 1.82) is 0 Å². The first-order valence-corrected chi connectivity index (χ1v) is 11.4. The zero-order valence-corrected chi connectivity index (χ0v) is 18.8. The maximum atomic E-state index is 13.8. The minimum absolute atomic E-state index is 0.0128. The number of thiazole rings is 1. The second kappa shape index (κ2) is 8.78. The van der Waals surface area contributed by atoms with E-state index in [0.29, 0.717) is 10.8 Å². The van der Waals surface area contributed by atoms with E-state index in [-0.39, 0.29) is 29.9 Å². The van der Waals surface area contributed by atoms with Crippen molar-refractivity contribution in [2.45, 2.75) is 52.0 Å². The lowest BCUT2D eigenvalue weighted by Crippen LogP contribution is -2.22. The topological polar surface area (TPSA) is 83.0 Å². The summed E-state index contributed by atoms with van der Waals surface area (Å²) < 4.78 is 20.7. The molecule has 2 N–H and O–H groups in total. The van der Waals surface area contributed by atoms with Crippen LogP contribution in [0.3, 0.4) is 0 Å². The van der Waals surface area contributed by atoms with Gasteiger partial charge in [-0.2, -0.15) is 5.10 Å². The molecule has 0 fully saturated rings. The molecule has 0 saturated carbocycles. The van der Waals surface area contributed by atoms with E-state index < -0.39 is 5.82 Å². The third-order valence-corrected chi connectivity index (χ3v) is 6.84. The molecule has 1 atom stereocenters. The Hall–Kier alpha value is -2.74. The molecular weight excluding hydrogens is 415 g/mol. The van der Waals surface area contributed by atoms with E-state index in [1.807, 2.05) is 6.07 Å². The van der Waals surface area contributed by atoms with E-state index in [1.165, 1.54) is 29.4 Å². The first-order valence-electron chi connectivity index (χ1n) is 10.5. The van der Waals surface area contributed by atoms with Crippen molar-refractivity contribution in [3.63, 3.8) is 0 Å². The molecule has 164 valence electrons. The maximum Gasteiger partial charge on any atom is 0.180 e. The van der Waals surface area contributed by atoms with Crippen LogP contribution in [0.4, 0.5) is 9.52 Å². The summed E-state index contributed by atoms with van der Waals surface area (Å²) in [5.41, 5.74) is 9.32. The second-order valence-corrected chi connectivity index (χ2v) is 9.39. The lowest BCUT2D eigenvalue weighted by molar-refractivity contribution is -0.124. The van der Waals surface area contributed by atoms with E-state index in [4.69, 9.17) is 15.6 Å². The highest BCUT2D eigenvalue weighted by molar-refractivity contribution is 7.15. The number of hydrogen-bond acceptors (Lipinski definition) is 6. The molecule has 2 heterocycles. The monoisotopic (exact) mass is 442 g/mol. The molecule has 0 bridgehead atoms. The molecule has 1 aliphatic carbocycles. The molecule has 1 aliphatic rings. The Morgan fingerprint density at radius 1 is 1.32 bits per heavy atom. The van der Waals surface area contributed by atoms with Gasteiger partial charge in [0, 0.05) is 22.1 Å². The molecule has 0 aliphatic heterocycles. The lowest BCUT2D eigenvalue weighted by atomic mass is 9.95. The summed E-state index contributed by atoms with van der Waals surface area (Å²) in [7, 11) is 1.44. The number of hydrogen-bond donors (Lipinski definition) is 1. The van der Waals surface area contributed by atoms with Gasteiger partial charge in [0.05, 0.1) is 18.5 Å². The number of aromatic nitrogens is 3. The van der Waals surface area contributed by atoms with Gasteiger partial charge in [0.25, 0.3) is 0 Å². The zero-order valence-electron chi connectivity index (χ0n) is 18.0. The quantitative estimate of drug-likeness (QED) is 0.563. The Morgan fingerprint density at radius 2 is 2.10 bits per heavy atom. The first kappa shape index (κ1) is 21.5. The van der Waals surface area contributed by atoms with Crippen molar-refractivity contribution in [3.8, 4) is 17.0 Å². The smallest absolute Gasteiger partial charge is 0.180 e. The summed E-state index contributed by atoms with van der Waals surface area (Å²) in [6.45, 7) is 4.39. The number of carbonyl (C=O) groups is 1. The molecule has 31 heavy (non-hydrogen) atoms. The number of methoxy groups -OCH3 is 1. The van der Waals surface area contributed by atoms with Crippen molar-refractivity contribution >= 4 is 22.3 Å². The normalized spacial score (nSPS) is 16.2. The van der Waals surface area contributed by atoms with Gasteiger partial charge in [-0.05, 0) is 55.9 Å². The Kier molecular flexibility index (Phi) is 6.09. The molecule has 3 aromatic rings. The maximum absolute atomic E-state index is 13.8. The number of ketones is 1. The number of carbonyl (C=O) groups excluding carboxylic acids is 1. The number of anilines is 1. The number of Topliss-reactive ketones (excluding diaryl/α,β-unsaturated/α-hetero) is 1. The molecular formula is C23H27FN4O2S. The van der Waals surface area contributed by atoms with Crippen LogP contribution in [0.1, 0.15) is 48.9 Å². The van der Waals surface area contributed by atoms with E-state index in [0.717, 1.165) is 42.6 Å². The summed E-state index contributed by atoms with van der Waals surface area (Å²) in [4.78, 5) is 18.8. The van der Waals surface area contributed by atoms with Crippen molar-refractivity contribution in [3.05, 3.63) is 46.3 Å². The summed E-state index contributed by atoms with van der Waals surface area (Å²) in [5.74, 6) is 0.139. The number of fused-ring (bicyclic) bond motifs is 1. The van der Waals surface area contributed by atoms with Crippen LogP contribution in [0, 0.1) is 11.7 Å². The number of aryl methyl sites for hydroxylation is 2. The molecule has 6 nitrogen and oxygen atoms in total. The third kappa shape index (κ3) is 4.49. The Bertz CT molecular complexity index is 1080. The molecule has 0 saturated heterocycles. The SMILES string of the molecule is COc1cc(-c2cc(C(C)C)n(CC(=O)C3CCc4nc(N)sc4CC3)n2)ccc1F. The Morgan fingerprint density at radius 3 is 2.84 bits per heavy atom. The van der Waals surface area contributed by atoms with Gasteiger partial charge >= 0.3 is 0 Å². The van der Waals surface area contributed by atoms with Crippen molar-refractivity contribution in [2.75, 3.05) is 12.8 Å². The van der Waals surface area contributed by atoms with Crippen LogP contribution in [0.5, 0.6) is 5.75 Å². The van der Waals surface area contributed by atoms with Crippen molar-refractivity contribution in [1.82, 2.24) is 14.8 Å². The highest BCUT2D eigenvalue weighted by Crippen LogP contribution is 2.31. The summed E-state index contributed by atoms with van der Waals surface area (Å²) in [6.07, 6.45) is 3.23. The highest BCUT2D eigenvalue weighted by Gasteiger charge is 2.26. The summed E-state index contributed by atoms with van der Waals surface area (Å²) in [5, 5.41) is 5.31. The Balaban J connectivity index is 1.54. The molecule has 2 aromatic heterocycles. The molecule has 1 aromatic carbocycles. The van der Waals surface area contributed by atoms with Crippen LogP contribution >= 0.6 is 11.3 Å². The molecule has 8 heteroatoms. The predicted molar refractivity (Wildman–Crippen MR) is 120 cm³/mol. The van der Waals surface area contributed by atoms with Gasteiger partial charge < -0.3 is 10.5 Å². The zero-order chi connectivity index (χ0) is 22.1. The van der Waals surface area contributed by atoms with Gasteiger partial charge in [-0.1, -0.05) is 13.8 Å². The number of benzene rings is 1. The molecule has 0 radical (unpaired) electrons. The molecule has 4 rings (SSSR count). The Labute approximate surface area is 185 Å². The number of nitrogen functional groups attached to an aromatic ring is 1. The standard InChI is InChI=1S/C23H27FN4O2S/c1-13(2)19-11-18(15-4-7-16(24)21(10-15)30-3)27-28(19)12-20(29)14-5-8-17-22(9-6-14)31-23(25)26-17/h4,7,10-11,13-14H,5-6,8-9,12H2,1-3H3,(H2,25,26). The van der Waals surface area contributed by atoms with Crippen molar-refractivity contribution in [2.24, 2.45) is 5.92 Å². The van der Waals surface area contributed by atoms with Gasteiger partial charge in [-0.3, -0.25) is 9.48 Å². The number of nitrogens with two attached hydrogens (primary N) is 1. The number of rotatable bonds is 6. The van der Waals surface area contributed by atoms with Gasteiger partial charge in [-0.25, -0.2) is 9.37 Å². The first-order chi connectivity index (χ1) is 14.9. The van der Waals surface area contributed by atoms with E-state index >= 15 is 0 Å². The molecule has 1 unspecified atom stereocenters. The fraction of sp³-hybridized carbons (Fsp3) is 0.435. The van der Waals surface area contributed by atoms with Crippen molar-refractivity contribution < 1.29 is 13.9 Å². The van der Waals surface area contributed by atoms with E-state index in [9.17, 15) is 9.18 Å². The van der Waals surface area contributed by atoms with E-state index in [1.54, 1.807) is 16.8 Å². The second-order valence-electron chi connectivity index (χ2n) is 8.28. The van der Waals surface area contributed by atoms with Crippen LogP contribution in [-0.4, -0.2) is 27.7 Å². The van der Waals surface area contributed by atoms with Crippen LogP contribution < -0.4 is 10.5 Å². The third-order valence-electron chi connectivity index (χ3n) is 5.85. The van der Waals surface area contributed by atoms with Gasteiger partial charge in [0.2, 0.25) is 0 Å². The average Bonchev–Trinajstić information content (AvgIpc) is 3.26. The van der Waals surface area contributed by atoms with Crippen LogP contribution in [-0.2, 0) is 24.2 Å². The summed E-state index contributed by atoms with van der Waals surface area (Å²) in [6, 6.07) is 6.66. The average molecular weight is 443 g/mol. The van der Waals surface area contributed by atoms with Crippen LogP contribution in [0.15, 0.2) is 24.3 Å².